The van der Waals surface area contributed by atoms with Crippen LogP contribution in [0.3, 0.4) is 0 Å². The summed E-state index contributed by atoms with van der Waals surface area (Å²) in [6.45, 7) is 0. The van der Waals surface area contributed by atoms with E-state index in [1.54, 1.807) is 37.4 Å². The fourth-order valence-corrected chi connectivity index (χ4v) is 3.02. The number of nitrogens with zero attached hydrogens (tertiary/aromatic N) is 1. The van der Waals surface area contributed by atoms with Gasteiger partial charge in [-0.15, -0.1) is 0 Å². The predicted octanol–water partition coefficient (Wildman–Crippen LogP) is 3.70. The third kappa shape index (κ3) is 3.33. The van der Waals surface area contributed by atoms with Crippen LogP contribution in [0.5, 0.6) is 0 Å². The number of rotatable bonds is 5. The second-order valence-corrected chi connectivity index (χ2v) is 6.66. The van der Waals surface area contributed by atoms with Crippen LogP contribution in [0.4, 0.5) is 14.5 Å². The Labute approximate surface area is 154 Å². The number of likely N-dealkylation sites (N-methyl/N-ethyl adjacent to an activating group) is 1. The number of amides is 1. The van der Waals surface area contributed by atoms with E-state index >= 15 is 0 Å². The van der Waals surface area contributed by atoms with Crippen LogP contribution in [0.1, 0.15) is 24.1 Å². The quantitative estimate of drug-likeness (QED) is 0.643. The Morgan fingerprint density at radius 2 is 2.04 bits per heavy atom. The molecule has 1 aromatic heterocycles. The molecule has 1 aliphatic carbocycles. The van der Waals surface area contributed by atoms with Gasteiger partial charge in [-0.3, -0.25) is 9.89 Å². The van der Waals surface area contributed by atoms with Gasteiger partial charge in [0.2, 0.25) is 5.91 Å². The second kappa shape index (κ2) is 6.59. The lowest BCUT2D eigenvalue weighted by Crippen LogP contribution is -2.40. The molecule has 0 aliphatic heterocycles. The Hall–Kier alpha value is -3.06. The van der Waals surface area contributed by atoms with Gasteiger partial charge in [-0.05, 0) is 49.7 Å². The maximum atomic E-state index is 14.4. The van der Waals surface area contributed by atoms with Crippen molar-refractivity contribution < 1.29 is 13.6 Å². The molecule has 1 amide bonds. The molecule has 1 saturated carbocycles. The summed E-state index contributed by atoms with van der Waals surface area (Å²) in [6.07, 6.45) is 4.90. The minimum absolute atomic E-state index is 0.107. The number of halogens is 2. The van der Waals surface area contributed by atoms with Crippen molar-refractivity contribution in [2.24, 2.45) is 0 Å². The summed E-state index contributed by atoms with van der Waals surface area (Å²) in [4.78, 5) is 12.4. The average molecular weight is 368 g/mol. The van der Waals surface area contributed by atoms with Crippen molar-refractivity contribution in [3.8, 4) is 0 Å². The first kappa shape index (κ1) is 17.4. The molecule has 0 spiro atoms. The Kier molecular flexibility index (Phi) is 4.24. The van der Waals surface area contributed by atoms with E-state index in [-0.39, 0.29) is 17.4 Å². The zero-order chi connectivity index (χ0) is 19.0. The number of benzene rings is 2. The van der Waals surface area contributed by atoms with Gasteiger partial charge in [0.25, 0.3) is 0 Å². The lowest BCUT2D eigenvalue weighted by atomic mass is 10.1. The molecular weight excluding hydrogens is 350 g/mol. The first-order chi connectivity index (χ1) is 13.0. The zero-order valence-electron chi connectivity index (χ0n) is 14.6. The van der Waals surface area contributed by atoms with Gasteiger partial charge in [0.1, 0.15) is 11.6 Å². The van der Waals surface area contributed by atoms with Crippen molar-refractivity contribution in [3.63, 3.8) is 0 Å². The van der Waals surface area contributed by atoms with Crippen LogP contribution in [-0.2, 0) is 4.79 Å². The molecule has 7 heteroatoms. The van der Waals surface area contributed by atoms with E-state index < -0.39 is 11.4 Å². The molecule has 1 fully saturated rings. The van der Waals surface area contributed by atoms with E-state index in [9.17, 15) is 13.6 Å². The third-order valence-electron chi connectivity index (χ3n) is 4.87. The molecule has 5 nitrogen and oxygen atoms in total. The van der Waals surface area contributed by atoms with Gasteiger partial charge in [-0.25, -0.2) is 8.78 Å². The van der Waals surface area contributed by atoms with Gasteiger partial charge in [-0.1, -0.05) is 18.2 Å². The highest BCUT2D eigenvalue weighted by atomic mass is 19.1. The van der Waals surface area contributed by atoms with Crippen LogP contribution in [0.15, 0.2) is 36.4 Å². The van der Waals surface area contributed by atoms with E-state index in [1.807, 2.05) is 0 Å². The summed E-state index contributed by atoms with van der Waals surface area (Å²) in [5.74, 6) is -1.11. The Balaban J connectivity index is 1.64. The molecule has 4 rings (SSSR count). The van der Waals surface area contributed by atoms with Gasteiger partial charge in [0.15, 0.2) is 0 Å². The van der Waals surface area contributed by atoms with Crippen LogP contribution >= 0.6 is 0 Å². The molecule has 0 radical (unpaired) electrons. The first-order valence-electron chi connectivity index (χ1n) is 8.62. The largest absolute Gasteiger partial charge is 0.322 e. The molecule has 1 heterocycles. The molecular formula is C20H18F2N4O. The highest BCUT2D eigenvalue weighted by Crippen LogP contribution is 2.36. The molecule has 0 saturated heterocycles. The van der Waals surface area contributed by atoms with E-state index in [1.165, 1.54) is 18.2 Å². The number of carbonyl (C=O) groups excluding carboxylic acids is 1. The molecule has 1 aliphatic rings. The fraction of sp³-hybridized carbons (Fsp3) is 0.200. The summed E-state index contributed by atoms with van der Waals surface area (Å²) >= 11 is 0. The van der Waals surface area contributed by atoms with E-state index in [4.69, 9.17) is 0 Å². The minimum atomic E-state index is -0.599. The lowest BCUT2D eigenvalue weighted by molar-refractivity contribution is -0.119. The standard InChI is InChI=1S/C20H18F2N4O/c1-23-20(7-8-20)19(27)24-18-10-14-16(25-26-17(14)11-15(18)22)6-5-12-3-2-4-13(21)9-12/h2-6,9-11,23H,7-8H2,1H3,(H,24,27)(H,25,26)/b6-5+. The number of carbonyl (C=O) groups is 1. The SMILES string of the molecule is CNC1(C(=O)Nc2cc3c(/C=C/c4cccc(F)c4)n[nH]c3cc2F)CC1. The van der Waals surface area contributed by atoms with Crippen molar-refractivity contribution in [2.75, 3.05) is 12.4 Å². The highest BCUT2D eigenvalue weighted by molar-refractivity contribution is 6.02. The van der Waals surface area contributed by atoms with Gasteiger partial charge in [0.05, 0.1) is 22.4 Å². The molecule has 3 aromatic rings. The van der Waals surface area contributed by atoms with Crippen LogP contribution in [-0.4, -0.2) is 28.7 Å². The van der Waals surface area contributed by atoms with Crippen molar-refractivity contribution in [1.82, 2.24) is 15.5 Å². The third-order valence-corrected chi connectivity index (χ3v) is 4.87. The maximum Gasteiger partial charge on any atom is 0.244 e. The van der Waals surface area contributed by atoms with Gasteiger partial charge in [-0.2, -0.15) is 5.10 Å². The summed E-state index contributed by atoms with van der Waals surface area (Å²) in [6, 6.07) is 9.03. The van der Waals surface area contributed by atoms with Crippen molar-refractivity contribution in [2.45, 2.75) is 18.4 Å². The number of fused-ring (bicyclic) bond motifs is 1. The molecule has 27 heavy (non-hydrogen) atoms. The minimum Gasteiger partial charge on any atom is -0.322 e. The summed E-state index contributed by atoms with van der Waals surface area (Å²) in [5, 5.41) is 13.3. The smallest absolute Gasteiger partial charge is 0.244 e. The van der Waals surface area contributed by atoms with Gasteiger partial charge in [0, 0.05) is 11.5 Å². The number of aromatic nitrogens is 2. The molecule has 0 unspecified atom stereocenters. The van der Waals surface area contributed by atoms with Crippen molar-refractivity contribution >= 4 is 34.6 Å². The van der Waals surface area contributed by atoms with Crippen LogP contribution in [0.25, 0.3) is 23.1 Å². The van der Waals surface area contributed by atoms with Crippen molar-refractivity contribution in [3.05, 3.63) is 59.3 Å². The van der Waals surface area contributed by atoms with Crippen LogP contribution in [0.2, 0.25) is 0 Å². The number of aromatic amines is 1. The summed E-state index contributed by atoms with van der Waals surface area (Å²) in [5.41, 5.74) is 1.28. The van der Waals surface area contributed by atoms with E-state index in [0.29, 0.717) is 22.2 Å². The predicted molar refractivity (Wildman–Crippen MR) is 101 cm³/mol. The lowest BCUT2D eigenvalue weighted by Gasteiger charge is -2.14. The van der Waals surface area contributed by atoms with Crippen LogP contribution < -0.4 is 10.6 Å². The number of nitrogens with one attached hydrogen (secondary N) is 3. The Bertz CT molecular complexity index is 1050. The molecule has 0 atom stereocenters. The van der Waals surface area contributed by atoms with Gasteiger partial charge >= 0.3 is 0 Å². The number of H-pyrrole nitrogens is 1. The summed E-state index contributed by atoms with van der Waals surface area (Å²) in [7, 11) is 1.72. The molecule has 3 N–H and O–H groups in total. The molecule has 0 bridgehead atoms. The number of hydrogen-bond donors (Lipinski definition) is 3. The van der Waals surface area contributed by atoms with Crippen molar-refractivity contribution in [1.29, 1.82) is 0 Å². The second-order valence-electron chi connectivity index (χ2n) is 6.66. The number of anilines is 1. The topological polar surface area (TPSA) is 69.8 Å². The number of hydrogen-bond acceptors (Lipinski definition) is 3. The Morgan fingerprint density at radius 3 is 2.74 bits per heavy atom. The average Bonchev–Trinajstić information content (AvgIpc) is 3.37. The van der Waals surface area contributed by atoms with E-state index in [0.717, 1.165) is 12.8 Å². The molecule has 138 valence electrons. The Morgan fingerprint density at radius 1 is 1.22 bits per heavy atom. The first-order valence-corrected chi connectivity index (χ1v) is 8.62. The normalized spacial score (nSPS) is 15.4. The van der Waals surface area contributed by atoms with Gasteiger partial charge < -0.3 is 10.6 Å². The maximum absolute atomic E-state index is 14.4. The van der Waals surface area contributed by atoms with E-state index in [2.05, 4.69) is 20.8 Å². The highest BCUT2D eigenvalue weighted by Gasteiger charge is 2.48. The zero-order valence-corrected chi connectivity index (χ0v) is 14.6. The molecule has 2 aromatic carbocycles. The summed E-state index contributed by atoms with van der Waals surface area (Å²) < 4.78 is 27.6. The fourth-order valence-electron chi connectivity index (χ4n) is 3.02. The van der Waals surface area contributed by atoms with Crippen LogP contribution in [0, 0.1) is 11.6 Å². The monoisotopic (exact) mass is 368 g/mol.